The van der Waals surface area contributed by atoms with Crippen LogP contribution in [-0.4, -0.2) is 25.8 Å². The average Bonchev–Trinajstić information content (AvgIpc) is 2.34. The third kappa shape index (κ3) is 4.25. The zero-order chi connectivity index (χ0) is 13.8. The second-order valence-electron chi connectivity index (χ2n) is 3.71. The molecule has 1 aromatic rings. The zero-order valence-electron chi connectivity index (χ0n) is 9.79. The van der Waals surface area contributed by atoms with E-state index in [-0.39, 0.29) is 0 Å². The molecule has 1 rings (SSSR count). The lowest BCUT2D eigenvalue weighted by molar-refractivity contribution is -0.122. The maximum Gasteiger partial charge on any atom is 0.405 e. The fourth-order valence-electron chi connectivity index (χ4n) is 1.30. The normalized spacial score (nSPS) is 11.2. The molecule has 0 atom stereocenters. The van der Waals surface area contributed by atoms with Gasteiger partial charge in [0.15, 0.2) is 0 Å². The van der Waals surface area contributed by atoms with E-state index in [2.05, 4.69) is 0 Å². The van der Waals surface area contributed by atoms with E-state index >= 15 is 0 Å². The Balaban J connectivity index is 2.68. The van der Waals surface area contributed by atoms with E-state index in [1.165, 1.54) is 7.05 Å². The summed E-state index contributed by atoms with van der Waals surface area (Å²) in [7, 11) is 1.39. The Morgan fingerprint density at radius 3 is 2.67 bits per heavy atom. The van der Waals surface area contributed by atoms with E-state index in [4.69, 9.17) is 5.73 Å². The van der Waals surface area contributed by atoms with Gasteiger partial charge in [-0.25, -0.2) is 4.79 Å². The molecular weight excluding hydrogens is 247 g/mol. The number of hydrogen-bond donors (Lipinski definition) is 2. The van der Waals surface area contributed by atoms with Crippen molar-refractivity contribution in [2.45, 2.75) is 12.7 Å². The molecule has 100 valence electrons. The van der Waals surface area contributed by atoms with Crippen LogP contribution >= 0.6 is 0 Å². The number of amides is 2. The van der Waals surface area contributed by atoms with Gasteiger partial charge in [0, 0.05) is 19.3 Å². The second-order valence-corrected chi connectivity index (χ2v) is 3.71. The summed E-state index contributed by atoms with van der Waals surface area (Å²) in [6, 6.07) is 5.90. The number of nitrogens with zero attached hydrogens (tertiary/aromatic N) is 1. The first-order valence-corrected chi connectivity index (χ1v) is 5.21. The molecule has 0 radical (unpaired) electrons. The Kier molecular flexibility index (Phi) is 4.55. The summed E-state index contributed by atoms with van der Waals surface area (Å²) in [6.07, 6.45) is -4.42. The maximum atomic E-state index is 12.0. The van der Waals surface area contributed by atoms with Gasteiger partial charge in [-0.2, -0.15) is 13.2 Å². The third-order valence-corrected chi connectivity index (χ3v) is 2.28. The van der Waals surface area contributed by atoms with Crippen molar-refractivity contribution >= 4 is 11.7 Å². The molecule has 0 unspecified atom stereocenters. The molecule has 0 heterocycles. The third-order valence-electron chi connectivity index (χ3n) is 2.28. The lowest BCUT2D eigenvalue weighted by Crippen LogP contribution is -2.42. The fraction of sp³-hybridized carbons (Fsp3) is 0.364. The molecule has 0 aliphatic rings. The number of benzene rings is 1. The van der Waals surface area contributed by atoms with Gasteiger partial charge in [0.2, 0.25) is 0 Å². The van der Waals surface area contributed by atoms with Crippen LogP contribution < -0.4 is 16.0 Å². The van der Waals surface area contributed by atoms with Crippen molar-refractivity contribution in [1.82, 2.24) is 5.32 Å². The van der Waals surface area contributed by atoms with Crippen molar-refractivity contribution in [2.24, 2.45) is 5.73 Å². The van der Waals surface area contributed by atoms with E-state index in [0.717, 1.165) is 10.5 Å². The Labute approximate surface area is 103 Å². The van der Waals surface area contributed by atoms with Gasteiger partial charge in [-0.05, 0) is 17.7 Å². The molecule has 0 aliphatic heterocycles. The fourth-order valence-corrected chi connectivity index (χ4v) is 1.30. The number of nitrogens with two attached hydrogens (primary N) is 1. The van der Waals surface area contributed by atoms with Crippen molar-refractivity contribution in [1.29, 1.82) is 0 Å². The first-order chi connectivity index (χ1) is 8.33. The van der Waals surface area contributed by atoms with E-state index in [1.54, 1.807) is 29.6 Å². The highest BCUT2D eigenvalue weighted by Crippen LogP contribution is 2.16. The zero-order valence-corrected chi connectivity index (χ0v) is 9.79. The number of halogens is 3. The Morgan fingerprint density at radius 1 is 1.44 bits per heavy atom. The smallest absolute Gasteiger partial charge is 0.329 e. The van der Waals surface area contributed by atoms with Crippen molar-refractivity contribution in [3.05, 3.63) is 29.8 Å². The number of anilines is 1. The second kappa shape index (κ2) is 5.72. The standard InChI is InChI=1S/C11H14F3N3O/c1-17(10(18)16-7-11(12,13)14)9-4-2-3-8(5-9)6-15/h2-5H,6-7,15H2,1H3,(H,16,18). The molecule has 1 aromatic carbocycles. The summed E-state index contributed by atoms with van der Waals surface area (Å²) in [5, 5.41) is 1.79. The van der Waals surface area contributed by atoms with Gasteiger partial charge in [-0.3, -0.25) is 4.90 Å². The monoisotopic (exact) mass is 261 g/mol. The van der Waals surface area contributed by atoms with Crippen molar-refractivity contribution in [3.8, 4) is 0 Å². The molecule has 7 heteroatoms. The predicted octanol–water partition coefficient (Wildman–Crippen LogP) is 1.85. The molecule has 0 aliphatic carbocycles. The predicted molar refractivity (Wildman–Crippen MR) is 62.2 cm³/mol. The minimum atomic E-state index is -4.42. The Hall–Kier alpha value is -1.76. The minimum Gasteiger partial charge on any atom is -0.329 e. The molecule has 18 heavy (non-hydrogen) atoms. The Bertz CT molecular complexity index is 420. The summed E-state index contributed by atoms with van der Waals surface area (Å²) in [5.74, 6) is 0. The van der Waals surface area contributed by atoms with Crippen LogP contribution in [0.5, 0.6) is 0 Å². The molecule has 0 saturated heterocycles. The Morgan fingerprint density at radius 2 is 2.11 bits per heavy atom. The van der Waals surface area contributed by atoms with Gasteiger partial charge in [0.05, 0.1) is 0 Å². The number of urea groups is 1. The van der Waals surface area contributed by atoms with Crippen LogP contribution in [0.1, 0.15) is 5.56 Å². The van der Waals surface area contributed by atoms with Crippen LogP contribution in [0, 0.1) is 0 Å². The lowest BCUT2D eigenvalue weighted by Gasteiger charge is -2.19. The highest BCUT2D eigenvalue weighted by Gasteiger charge is 2.28. The van der Waals surface area contributed by atoms with Crippen LogP contribution in [0.15, 0.2) is 24.3 Å². The number of alkyl halides is 3. The van der Waals surface area contributed by atoms with Crippen LogP contribution in [-0.2, 0) is 6.54 Å². The number of rotatable bonds is 3. The van der Waals surface area contributed by atoms with Gasteiger partial charge < -0.3 is 11.1 Å². The van der Waals surface area contributed by atoms with Crippen LogP contribution in [0.25, 0.3) is 0 Å². The number of hydrogen-bond acceptors (Lipinski definition) is 2. The highest BCUT2D eigenvalue weighted by atomic mass is 19.4. The first kappa shape index (κ1) is 14.3. The molecule has 0 fully saturated rings. The highest BCUT2D eigenvalue weighted by molar-refractivity contribution is 5.91. The lowest BCUT2D eigenvalue weighted by atomic mass is 10.2. The number of nitrogens with one attached hydrogen (secondary N) is 1. The molecule has 2 amide bonds. The summed E-state index contributed by atoms with van der Waals surface area (Å²) in [6.45, 7) is -1.06. The van der Waals surface area contributed by atoms with Gasteiger partial charge in [0.1, 0.15) is 6.54 Å². The van der Waals surface area contributed by atoms with E-state index < -0.39 is 18.8 Å². The first-order valence-electron chi connectivity index (χ1n) is 5.21. The molecule has 3 N–H and O–H groups in total. The van der Waals surface area contributed by atoms with E-state index in [1.807, 2.05) is 0 Å². The van der Waals surface area contributed by atoms with Gasteiger partial charge in [0.25, 0.3) is 0 Å². The summed E-state index contributed by atoms with van der Waals surface area (Å²) < 4.78 is 35.9. The summed E-state index contributed by atoms with van der Waals surface area (Å²) in [5.41, 5.74) is 6.72. The average molecular weight is 261 g/mol. The number of carbonyl (C=O) groups is 1. The van der Waals surface area contributed by atoms with Gasteiger partial charge >= 0.3 is 12.2 Å². The SMILES string of the molecule is CN(C(=O)NCC(F)(F)F)c1cccc(CN)c1. The maximum absolute atomic E-state index is 12.0. The van der Waals surface area contributed by atoms with Crippen LogP contribution in [0.3, 0.4) is 0 Å². The molecule has 4 nitrogen and oxygen atoms in total. The quantitative estimate of drug-likeness (QED) is 0.872. The molecular formula is C11H14F3N3O. The summed E-state index contributed by atoms with van der Waals surface area (Å²) >= 11 is 0. The largest absolute Gasteiger partial charge is 0.405 e. The summed E-state index contributed by atoms with van der Waals surface area (Å²) in [4.78, 5) is 12.6. The molecule has 0 bridgehead atoms. The van der Waals surface area contributed by atoms with Crippen molar-refractivity contribution in [2.75, 3.05) is 18.5 Å². The molecule has 0 aromatic heterocycles. The van der Waals surface area contributed by atoms with Crippen LogP contribution in [0.4, 0.5) is 23.7 Å². The van der Waals surface area contributed by atoms with E-state index in [0.29, 0.717) is 12.2 Å². The molecule has 0 saturated carbocycles. The topological polar surface area (TPSA) is 58.4 Å². The van der Waals surface area contributed by atoms with E-state index in [9.17, 15) is 18.0 Å². The van der Waals surface area contributed by atoms with Crippen molar-refractivity contribution in [3.63, 3.8) is 0 Å². The van der Waals surface area contributed by atoms with Gasteiger partial charge in [-0.1, -0.05) is 12.1 Å². The molecule has 0 spiro atoms. The van der Waals surface area contributed by atoms with Crippen LogP contribution in [0.2, 0.25) is 0 Å². The minimum absolute atomic E-state index is 0.297. The number of carbonyl (C=O) groups excluding carboxylic acids is 1. The van der Waals surface area contributed by atoms with Crippen molar-refractivity contribution < 1.29 is 18.0 Å². The van der Waals surface area contributed by atoms with Gasteiger partial charge in [-0.15, -0.1) is 0 Å².